The van der Waals surface area contributed by atoms with Crippen molar-refractivity contribution in [1.29, 1.82) is 0 Å². The molecule has 0 unspecified atom stereocenters. The summed E-state index contributed by atoms with van der Waals surface area (Å²) < 4.78 is 12.9. The zero-order valence-corrected chi connectivity index (χ0v) is 16.3. The summed E-state index contributed by atoms with van der Waals surface area (Å²) in [5.74, 6) is 1.16. The molecule has 1 aliphatic rings. The molecule has 2 aromatic rings. The minimum Gasteiger partial charge on any atom is -0.469 e. The number of hydrogen-bond donors (Lipinski definition) is 1. The molecule has 0 amide bonds. The van der Waals surface area contributed by atoms with E-state index >= 15 is 0 Å². The van der Waals surface area contributed by atoms with Gasteiger partial charge in [0.1, 0.15) is 17.3 Å². The fourth-order valence-corrected chi connectivity index (χ4v) is 3.66. The highest BCUT2D eigenvalue weighted by Crippen LogP contribution is 2.33. The second-order valence-electron chi connectivity index (χ2n) is 7.31. The number of nitrogen functional groups attached to an aromatic ring is 1. The second kappa shape index (κ2) is 7.60. The van der Waals surface area contributed by atoms with Gasteiger partial charge in [-0.1, -0.05) is 6.08 Å². The van der Waals surface area contributed by atoms with Gasteiger partial charge in [0.2, 0.25) is 0 Å². The Bertz CT molecular complexity index is 851. The van der Waals surface area contributed by atoms with Crippen LogP contribution in [0.1, 0.15) is 30.9 Å². The highest BCUT2D eigenvalue weighted by atomic mass is 16.5. The van der Waals surface area contributed by atoms with E-state index in [4.69, 9.17) is 15.2 Å². The van der Waals surface area contributed by atoms with Crippen LogP contribution in [-0.2, 0) is 20.7 Å². The van der Waals surface area contributed by atoms with Gasteiger partial charge in [-0.3, -0.25) is 9.20 Å². The normalized spacial score (nSPS) is 16.5. The average molecular weight is 372 g/mol. The molecule has 7 nitrogen and oxygen atoms in total. The van der Waals surface area contributed by atoms with E-state index in [1.54, 1.807) is 6.08 Å². The largest absolute Gasteiger partial charge is 0.469 e. The van der Waals surface area contributed by atoms with Gasteiger partial charge < -0.3 is 20.1 Å². The average Bonchev–Trinajstić information content (AvgIpc) is 3.01. The van der Waals surface area contributed by atoms with Gasteiger partial charge in [0, 0.05) is 18.7 Å². The van der Waals surface area contributed by atoms with Crippen LogP contribution in [0.15, 0.2) is 24.9 Å². The summed E-state index contributed by atoms with van der Waals surface area (Å²) in [5, 5.41) is 0. The minimum atomic E-state index is -0.261. The zero-order chi connectivity index (χ0) is 19.6. The Morgan fingerprint density at radius 3 is 2.78 bits per heavy atom. The summed E-state index contributed by atoms with van der Waals surface area (Å²) >= 11 is 0. The van der Waals surface area contributed by atoms with E-state index in [9.17, 15) is 4.79 Å². The lowest BCUT2D eigenvalue weighted by Gasteiger charge is -2.41. The van der Waals surface area contributed by atoms with E-state index in [0.29, 0.717) is 12.4 Å². The van der Waals surface area contributed by atoms with Gasteiger partial charge in [0.05, 0.1) is 31.9 Å². The van der Waals surface area contributed by atoms with E-state index in [1.165, 1.54) is 7.11 Å². The predicted octanol–water partition coefficient (Wildman–Crippen LogP) is 2.50. The van der Waals surface area contributed by atoms with Crippen LogP contribution in [0.4, 0.5) is 11.6 Å². The monoisotopic (exact) mass is 372 g/mol. The van der Waals surface area contributed by atoms with Crippen LogP contribution in [0, 0.1) is 6.92 Å². The molecular formula is C20H28N4O3. The minimum absolute atomic E-state index is 0.163. The fraction of sp³-hybridized carbons (Fsp3) is 0.500. The zero-order valence-electron chi connectivity index (χ0n) is 16.3. The molecule has 0 radical (unpaired) electrons. The number of piperidine rings is 1. The smallest absolute Gasteiger partial charge is 0.310 e. The van der Waals surface area contributed by atoms with E-state index in [2.05, 4.69) is 23.4 Å². The number of nitrogens with two attached hydrogens (primary N) is 1. The molecule has 0 bridgehead atoms. The van der Waals surface area contributed by atoms with Crippen LogP contribution >= 0.6 is 0 Å². The quantitative estimate of drug-likeness (QED) is 0.620. The Hall–Kier alpha value is -2.54. The van der Waals surface area contributed by atoms with E-state index in [0.717, 1.165) is 48.5 Å². The van der Waals surface area contributed by atoms with Gasteiger partial charge in [-0.05, 0) is 38.3 Å². The number of nitrogens with zero attached hydrogens (tertiary/aromatic N) is 3. The molecule has 0 saturated carbocycles. The first-order valence-corrected chi connectivity index (χ1v) is 9.20. The van der Waals surface area contributed by atoms with Crippen molar-refractivity contribution in [2.45, 2.75) is 38.7 Å². The van der Waals surface area contributed by atoms with Crippen molar-refractivity contribution < 1.29 is 14.3 Å². The molecule has 1 saturated heterocycles. The molecular weight excluding hydrogens is 344 g/mol. The molecule has 27 heavy (non-hydrogen) atoms. The Balaban J connectivity index is 1.98. The Kier molecular flexibility index (Phi) is 5.41. The third kappa shape index (κ3) is 3.93. The maximum atomic E-state index is 12.0. The molecule has 0 spiro atoms. The van der Waals surface area contributed by atoms with Crippen LogP contribution in [0.25, 0.3) is 5.65 Å². The number of ether oxygens (including phenoxy) is 2. The van der Waals surface area contributed by atoms with Crippen molar-refractivity contribution in [1.82, 2.24) is 9.38 Å². The number of esters is 1. The van der Waals surface area contributed by atoms with Gasteiger partial charge in [-0.25, -0.2) is 4.98 Å². The summed E-state index contributed by atoms with van der Waals surface area (Å²) in [7, 11) is 1.41. The van der Waals surface area contributed by atoms with Gasteiger partial charge in [0.15, 0.2) is 0 Å². The molecule has 3 rings (SSSR count). The first kappa shape index (κ1) is 19.2. The topological polar surface area (TPSA) is 82.1 Å². The molecule has 0 aliphatic carbocycles. The number of hydrogen-bond acceptors (Lipinski definition) is 6. The number of carbonyl (C=O) groups excluding carboxylic acids is 1. The lowest BCUT2D eigenvalue weighted by molar-refractivity contribution is -0.139. The van der Waals surface area contributed by atoms with Crippen molar-refractivity contribution in [2.75, 3.05) is 37.4 Å². The van der Waals surface area contributed by atoms with Gasteiger partial charge in [0.25, 0.3) is 0 Å². The van der Waals surface area contributed by atoms with Crippen LogP contribution in [-0.4, -0.2) is 47.8 Å². The molecule has 146 valence electrons. The van der Waals surface area contributed by atoms with Crippen molar-refractivity contribution in [3.05, 3.63) is 36.0 Å². The first-order chi connectivity index (χ1) is 12.9. The molecule has 7 heteroatoms. The van der Waals surface area contributed by atoms with E-state index in [-0.39, 0.29) is 18.0 Å². The van der Waals surface area contributed by atoms with Crippen molar-refractivity contribution >= 4 is 23.3 Å². The fourth-order valence-electron chi connectivity index (χ4n) is 3.66. The molecule has 0 atom stereocenters. The van der Waals surface area contributed by atoms with Crippen molar-refractivity contribution in [3.8, 4) is 0 Å². The Morgan fingerprint density at radius 2 is 2.15 bits per heavy atom. The Labute approximate surface area is 159 Å². The summed E-state index contributed by atoms with van der Waals surface area (Å²) in [6.07, 6.45) is 5.58. The lowest BCUT2D eigenvalue weighted by atomic mass is 9.92. The number of pyridine rings is 1. The molecule has 3 heterocycles. The van der Waals surface area contributed by atoms with E-state index < -0.39 is 0 Å². The number of carbonyl (C=O) groups is 1. The van der Waals surface area contributed by atoms with Gasteiger partial charge >= 0.3 is 5.97 Å². The highest BCUT2D eigenvalue weighted by molar-refractivity contribution is 5.77. The molecule has 2 N–H and O–H groups in total. The summed E-state index contributed by atoms with van der Waals surface area (Å²) in [5.41, 5.74) is 8.51. The molecule has 1 fully saturated rings. The van der Waals surface area contributed by atoms with Crippen LogP contribution < -0.4 is 10.6 Å². The van der Waals surface area contributed by atoms with Crippen molar-refractivity contribution in [3.63, 3.8) is 0 Å². The summed E-state index contributed by atoms with van der Waals surface area (Å²) in [6, 6.07) is 1.96. The van der Waals surface area contributed by atoms with Crippen LogP contribution in [0.3, 0.4) is 0 Å². The second-order valence-corrected chi connectivity index (χ2v) is 7.31. The van der Waals surface area contributed by atoms with Gasteiger partial charge in [-0.2, -0.15) is 0 Å². The number of imidazole rings is 1. The van der Waals surface area contributed by atoms with Crippen molar-refractivity contribution in [2.24, 2.45) is 0 Å². The highest BCUT2D eigenvalue weighted by Gasteiger charge is 2.32. The maximum Gasteiger partial charge on any atom is 0.310 e. The van der Waals surface area contributed by atoms with Crippen LogP contribution in [0.5, 0.6) is 0 Å². The molecule has 1 aliphatic heterocycles. The lowest BCUT2D eigenvalue weighted by Crippen LogP contribution is -2.45. The number of aryl methyl sites for hydroxylation is 1. The first-order valence-electron chi connectivity index (χ1n) is 9.20. The number of fused-ring (bicyclic) bond motifs is 1. The van der Waals surface area contributed by atoms with E-state index in [1.807, 2.05) is 23.6 Å². The van der Waals surface area contributed by atoms with Crippen LogP contribution in [0.2, 0.25) is 0 Å². The molecule has 0 aromatic carbocycles. The third-order valence-electron chi connectivity index (χ3n) is 5.29. The summed E-state index contributed by atoms with van der Waals surface area (Å²) in [4.78, 5) is 18.7. The third-order valence-corrected chi connectivity index (χ3v) is 5.29. The number of methoxy groups -OCH3 is 1. The number of anilines is 2. The number of aromatic nitrogens is 2. The predicted molar refractivity (Wildman–Crippen MR) is 106 cm³/mol. The summed E-state index contributed by atoms with van der Waals surface area (Å²) in [6.45, 7) is 10.1. The maximum absolute atomic E-state index is 12.0. The SMILES string of the molecule is C=CCOC1(C)CCN(c2c(CC(=O)OC)c(C)cc3nc(N)cn23)CC1. The standard InChI is InChI=1S/C20H28N4O3/c1-5-10-27-20(3)6-8-23(9-7-20)19-15(12-18(25)26-4)14(2)11-17-22-16(21)13-24(17)19/h5,11,13H,1,6-10,12,21H2,2-4H3. The number of rotatable bonds is 6. The van der Waals surface area contributed by atoms with Gasteiger partial charge in [-0.15, -0.1) is 6.58 Å². The Morgan fingerprint density at radius 1 is 1.44 bits per heavy atom. The molecule has 2 aromatic heterocycles.